The van der Waals surface area contributed by atoms with Gasteiger partial charge in [-0.2, -0.15) is 0 Å². The van der Waals surface area contributed by atoms with Crippen LogP contribution in [0.3, 0.4) is 0 Å². The predicted octanol–water partition coefficient (Wildman–Crippen LogP) is 2.18. The number of benzene rings is 1. The van der Waals surface area contributed by atoms with Crippen molar-refractivity contribution in [3.63, 3.8) is 0 Å². The molecule has 2 amide bonds. The number of carbonyl (C=O) groups is 2. The fraction of sp³-hybridized carbons (Fsp3) is 0.250. The highest BCUT2D eigenvalue weighted by Gasteiger charge is 2.06. The summed E-state index contributed by atoms with van der Waals surface area (Å²) in [5.74, 6) is -0.188. The van der Waals surface area contributed by atoms with Gasteiger partial charge in [0.15, 0.2) is 0 Å². The first-order valence-corrected chi connectivity index (χ1v) is 7.97. The molecule has 23 heavy (non-hydrogen) atoms. The van der Waals surface area contributed by atoms with Crippen LogP contribution in [-0.4, -0.2) is 24.9 Å². The number of thiophene rings is 1. The highest BCUT2D eigenvalue weighted by Crippen LogP contribution is 2.07. The molecule has 4 N–H and O–H groups in total. The minimum absolute atomic E-state index is 0. The minimum atomic E-state index is -0.117. The molecule has 124 valence electrons. The number of nitrogens with one attached hydrogen (secondary N) is 2. The quantitative estimate of drug-likeness (QED) is 0.667. The van der Waals surface area contributed by atoms with Gasteiger partial charge in [-0.15, -0.1) is 23.7 Å². The third kappa shape index (κ3) is 6.02. The molecule has 7 heteroatoms. The molecule has 5 nitrogen and oxygen atoms in total. The number of hydrogen-bond donors (Lipinski definition) is 3. The van der Waals surface area contributed by atoms with Crippen molar-refractivity contribution in [2.75, 3.05) is 13.1 Å². The normalized spacial score (nSPS) is 9.78. The maximum absolute atomic E-state index is 11.9. The molecule has 0 aliphatic heterocycles. The Bertz CT molecular complexity index is 615. The number of rotatable bonds is 7. The van der Waals surface area contributed by atoms with Crippen LogP contribution >= 0.6 is 23.7 Å². The number of amides is 2. The van der Waals surface area contributed by atoms with Crippen molar-refractivity contribution >= 4 is 35.6 Å². The SMILES string of the molecule is Cl.NCc1ccc(C(=O)NCCCNC(=O)c2cccs2)cc1. The van der Waals surface area contributed by atoms with E-state index in [1.165, 1.54) is 11.3 Å². The third-order valence-corrected chi connectivity index (χ3v) is 3.99. The zero-order valence-electron chi connectivity index (χ0n) is 12.6. The first-order valence-electron chi connectivity index (χ1n) is 7.09. The van der Waals surface area contributed by atoms with Gasteiger partial charge in [0.05, 0.1) is 4.88 Å². The van der Waals surface area contributed by atoms with Crippen LogP contribution in [0.15, 0.2) is 41.8 Å². The van der Waals surface area contributed by atoms with E-state index >= 15 is 0 Å². The average Bonchev–Trinajstić information content (AvgIpc) is 3.09. The Balaban J connectivity index is 0.00000264. The lowest BCUT2D eigenvalue weighted by molar-refractivity contribution is 0.0953. The van der Waals surface area contributed by atoms with E-state index in [2.05, 4.69) is 10.6 Å². The van der Waals surface area contributed by atoms with Gasteiger partial charge < -0.3 is 16.4 Å². The van der Waals surface area contributed by atoms with E-state index < -0.39 is 0 Å². The molecule has 0 bridgehead atoms. The molecule has 0 saturated heterocycles. The summed E-state index contributed by atoms with van der Waals surface area (Å²) in [5.41, 5.74) is 7.12. The topological polar surface area (TPSA) is 84.2 Å². The molecular formula is C16H20ClN3O2S. The van der Waals surface area contributed by atoms with Gasteiger partial charge in [-0.3, -0.25) is 9.59 Å². The summed E-state index contributed by atoms with van der Waals surface area (Å²) in [6.45, 7) is 1.51. The Labute approximate surface area is 145 Å². The summed E-state index contributed by atoms with van der Waals surface area (Å²) in [7, 11) is 0. The lowest BCUT2D eigenvalue weighted by atomic mass is 10.1. The Hall–Kier alpha value is -1.89. The number of halogens is 1. The Kier molecular flexibility index (Phi) is 8.32. The Morgan fingerprint density at radius 2 is 1.65 bits per heavy atom. The first-order chi connectivity index (χ1) is 10.7. The molecule has 0 atom stereocenters. The molecule has 0 radical (unpaired) electrons. The van der Waals surface area contributed by atoms with Crippen molar-refractivity contribution in [2.45, 2.75) is 13.0 Å². The summed E-state index contributed by atoms with van der Waals surface area (Å²) in [6, 6.07) is 10.8. The molecule has 0 saturated carbocycles. The monoisotopic (exact) mass is 353 g/mol. The molecular weight excluding hydrogens is 334 g/mol. The molecule has 0 spiro atoms. The lowest BCUT2D eigenvalue weighted by Gasteiger charge is -2.07. The number of hydrogen-bond acceptors (Lipinski definition) is 4. The molecule has 0 unspecified atom stereocenters. The second kappa shape index (κ2) is 9.99. The highest BCUT2D eigenvalue weighted by atomic mass is 35.5. The zero-order chi connectivity index (χ0) is 15.8. The van der Waals surface area contributed by atoms with Gasteiger partial charge in [-0.05, 0) is 35.6 Å². The summed E-state index contributed by atoms with van der Waals surface area (Å²) >= 11 is 1.41. The minimum Gasteiger partial charge on any atom is -0.352 e. The van der Waals surface area contributed by atoms with Crippen LogP contribution in [-0.2, 0) is 6.54 Å². The number of carbonyl (C=O) groups excluding carboxylic acids is 2. The molecule has 2 rings (SSSR count). The second-order valence-electron chi connectivity index (χ2n) is 4.74. The summed E-state index contributed by atoms with van der Waals surface area (Å²) in [5, 5.41) is 7.51. The van der Waals surface area contributed by atoms with Gasteiger partial charge in [0.2, 0.25) is 0 Å². The lowest BCUT2D eigenvalue weighted by Crippen LogP contribution is -2.29. The second-order valence-corrected chi connectivity index (χ2v) is 5.69. The van der Waals surface area contributed by atoms with Gasteiger partial charge in [0.1, 0.15) is 0 Å². The molecule has 1 aromatic heterocycles. The average molecular weight is 354 g/mol. The van der Waals surface area contributed by atoms with Gasteiger partial charge in [0.25, 0.3) is 11.8 Å². The predicted molar refractivity (Wildman–Crippen MR) is 95.2 cm³/mol. The maximum atomic E-state index is 11.9. The molecule has 0 aliphatic rings. The van der Waals surface area contributed by atoms with Crippen molar-refractivity contribution < 1.29 is 9.59 Å². The van der Waals surface area contributed by atoms with E-state index in [4.69, 9.17) is 5.73 Å². The van der Waals surface area contributed by atoms with E-state index in [0.29, 0.717) is 36.5 Å². The molecule has 2 aromatic rings. The van der Waals surface area contributed by atoms with Crippen molar-refractivity contribution in [3.8, 4) is 0 Å². The van der Waals surface area contributed by atoms with E-state index in [9.17, 15) is 9.59 Å². The fourth-order valence-corrected chi connectivity index (χ4v) is 2.52. The van der Waals surface area contributed by atoms with Crippen LogP contribution in [0.25, 0.3) is 0 Å². The van der Waals surface area contributed by atoms with Crippen LogP contribution in [0, 0.1) is 0 Å². The van der Waals surface area contributed by atoms with Crippen LogP contribution < -0.4 is 16.4 Å². The van der Waals surface area contributed by atoms with Crippen molar-refractivity contribution in [1.82, 2.24) is 10.6 Å². The van der Waals surface area contributed by atoms with E-state index in [1.807, 2.05) is 23.6 Å². The number of nitrogens with two attached hydrogens (primary N) is 1. The van der Waals surface area contributed by atoms with Crippen molar-refractivity contribution in [1.29, 1.82) is 0 Å². The molecule has 0 fully saturated rings. The zero-order valence-corrected chi connectivity index (χ0v) is 14.2. The smallest absolute Gasteiger partial charge is 0.261 e. The van der Waals surface area contributed by atoms with Crippen molar-refractivity contribution in [2.24, 2.45) is 5.73 Å². The largest absolute Gasteiger partial charge is 0.352 e. The van der Waals surface area contributed by atoms with Crippen LogP contribution in [0.1, 0.15) is 32.0 Å². The molecule has 0 aliphatic carbocycles. The van der Waals surface area contributed by atoms with Crippen molar-refractivity contribution in [3.05, 3.63) is 57.8 Å². The maximum Gasteiger partial charge on any atom is 0.261 e. The fourth-order valence-electron chi connectivity index (χ4n) is 1.88. The van der Waals surface area contributed by atoms with E-state index in [1.54, 1.807) is 18.2 Å². The van der Waals surface area contributed by atoms with Gasteiger partial charge in [-0.25, -0.2) is 0 Å². The summed E-state index contributed by atoms with van der Waals surface area (Å²) < 4.78 is 0. The molecule has 1 aromatic carbocycles. The molecule has 1 heterocycles. The Morgan fingerprint density at radius 3 is 2.22 bits per heavy atom. The van der Waals surface area contributed by atoms with Gasteiger partial charge >= 0.3 is 0 Å². The Morgan fingerprint density at radius 1 is 1.00 bits per heavy atom. The van der Waals surface area contributed by atoms with Gasteiger partial charge in [-0.1, -0.05) is 18.2 Å². The summed E-state index contributed by atoms with van der Waals surface area (Å²) in [4.78, 5) is 24.3. The van der Waals surface area contributed by atoms with Crippen LogP contribution in [0.2, 0.25) is 0 Å². The van der Waals surface area contributed by atoms with Gasteiger partial charge in [0, 0.05) is 25.2 Å². The standard InChI is InChI=1S/C16H19N3O2S.ClH/c17-11-12-4-6-13(7-5-12)15(20)18-8-2-9-19-16(21)14-3-1-10-22-14;/h1,3-7,10H,2,8-9,11,17H2,(H,18,20)(H,19,21);1H. The summed E-state index contributed by atoms with van der Waals surface area (Å²) in [6.07, 6.45) is 0.684. The van der Waals surface area contributed by atoms with E-state index in [0.717, 1.165) is 5.56 Å². The highest BCUT2D eigenvalue weighted by molar-refractivity contribution is 7.12. The van der Waals surface area contributed by atoms with E-state index in [-0.39, 0.29) is 24.2 Å². The van der Waals surface area contributed by atoms with Crippen LogP contribution in [0.5, 0.6) is 0 Å². The van der Waals surface area contributed by atoms with Crippen LogP contribution in [0.4, 0.5) is 0 Å². The first kappa shape index (κ1) is 19.2. The third-order valence-electron chi connectivity index (χ3n) is 3.12.